The smallest absolute Gasteiger partial charge is 0.182 e. The van der Waals surface area contributed by atoms with Crippen LogP contribution in [0.5, 0.6) is 0 Å². The second-order valence-corrected chi connectivity index (χ2v) is 4.21. The summed E-state index contributed by atoms with van der Waals surface area (Å²) in [5.41, 5.74) is 0.0166. The van der Waals surface area contributed by atoms with Crippen molar-refractivity contribution in [2.45, 2.75) is 19.4 Å². The average molecular weight is 244 g/mol. The molecule has 94 valence electrons. The summed E-state index contributed by atoms with van der Waals surface area (Å²) in [5, 5.41) is 3.24. The number of nitrogens with zero attached hydrogens (tertiary/aromatic N) is 1. The van der Waals surface area contributed by atoms with Gasteiger partial charge < -0.3 is 10.2 Å². The van der Waals surface area contributed by atoms with Gasteiger partial charge in [-0.2, -0.15) is 0 Å². The first-order chi connectivity index (χ1) is 8.11. The van der Waals surface area contributed by atoms with Gasteiger partial charge in [0.15, 0.2) is 11.6 Å². The molecule has 0 saturated carbocycles. The lowest BCUT2D eigenvalue weighted by Crippen LogP contribution is -2.32. The molecule has 2 nitrogen and oxygen atoms in total. The monoisotopic (exact) mass is 244 g/mol. The maximum Gasteiger partial charge on any atom is 0.182 e. The number of hydrogen-bond acceptors (Lipinski definition) is 2. The first kappa shape index (κ1) is 12.2. The van der Waals surface area contributed by atoms with Gasteiger partial charge in [0.1, 0.15) is 5.82 Å². The lowest BCUT2D eigenvalue weighted by Gasteiger charge is -2.19. The van der Waals surface area contributed by atoms with Crippen molar-refractivity contribution in [1.29, 1.82) is 0 Å². The minimum atomic E-state index is -1.13. The Hall–Kier alpha value is -1.23. The van der Waals surface area contributed by atoms with Crippen LogP contribution in [0.4, 0.5) is 18.9 Å². The van der Waals surface area contributed by atoms with Crippen LogP contribution in [0.25, 0.3) is 0 Å². The summed E-state index contributed by atoms with van der Waals surface area (Å²) in [6.07, 6.45) is 0.853. The molecule has 0 radical (unpaired) electrons. The minimum absolute atomic E-state index is 0.0166. The molecule has 0 aromatic heterocycles. The number of halogens is 3. The minimum Gasteiger partial charge on any atom is -0.367 e. The molecule has 1 N–H and O–H groups in total. The van der Waals surface area contributed by atoms with Crippen molar-refractivity contribution in [2.24, 2.45) is 0 Å². The van der Waals surface area contributed by atoms with Crippen LogP contribution in [-0.2, 0) is 0 Å². The van der Waals surface area contributed by atoms with E-state index in [1.54, 1.807) is 4.90 Å². The van der Waals surface area contributed by atoms with Crippen molar-refractivity contribution < 1.29 is 13.2 Å². The van der Waals surface area contributed by atoms with Crippen LogP contribution in [0, 0.1) is 17.5 Å². The van der Waals surface area contributed by atoms with E-state index in [1.165, 1.54) is 0 Å². The van der Waals surface area contributed by atoms with Crippen molar-refractivity contribution in [2.75, 3.05) is 24.5 Å². The average Bonchev–Trinajstić information content (AvgIpc) is 2.72. The lowest BCUT2D eigenvalue weighted by molar-refractivity contribution is 0.493. The molecule has 1 fully saturated rings. The molecular weight excluding hydrogens is 229 g/mol. The van der Waals surface area contributed by atoms with Crippen LogP contribution >= 0.6 is 0 Å². The van der Waals surface area contributed by atoms with Gasteiger partial charge in [-0.25, -0.2) is 13.2 Å². The molecule has 0 amide bonds. The Morgan fingerprint density at radius 1 is 1.35 bits per heavy atom. The van der Waals surface area contributed by atoms with E-state index in [-0.39, 0.29) is 11.7 Å². The Morgan fingerprint density at radius 3 is 2.82 bits per heavy atom. The molecule has 1 saturated heterocycles. The first-order valence-corrected chi connectivity index (χ1v) is 5.74. The van der Waals surface area contributed by atoms with Crippen molar-refractivity contribution in [3.05, 3.63) is 29.6 Å². The van der Waals surface area contributed by atoms with Crippen molar-refractivity contribution in [1.82, 2.24) is 5.32 Å². The summed E-state index contributed by atoms with van der Waals surface area (Å²) in [6, 6.07) is 1.87. The molecular formula is C12H15F3N2. The normalized spacial score (nSPS) is 20.0. The number of rotatable bonds is 3. The molecule has 2 rings (SSSR count). The first-order valence-electron chi connectivity index (χ1n) is 5.74. The van der Waals surface area contributed by atoms with Gasteiger partial charge in [0, 0.05) is 31.3 Å². The fourth-order valence-corrected chi connectivity index (χ4v) is 2.21. The zero-order valence-corrected chi connectivity index (χ0v) is 9.64. The Kier molecular flexibility index (Phi) is 3.57. The molecule has 0 bridgehead atoms. The molecule has 1 aliphatic heterocycles. The largest absolute Gasteiger partial charge is 0.367 e. The molecule has 1 aromatic rings. The third-order valence-electron chi connectivity index (χ3n) is 3.00. The Morgan fingerprint density at radius 2 is 2.12 bits per heavy atom. The molecule has 17 heavy (non-hydrogen) atoms. The second kappa shape index (κ2) is 4.96. The number of nitrogens with one attached hydrogen (secondary N) is 1. The van der Waals surface area contributed by atoms with Gasteiger partial charge in [-0.05, 0) is 13.0 Å². The van der Waals surface area contributed by atoms with E-state index >= 15 is 0 Å². The summed E-state index contributed by atoms with van der Waals surface area (Å²) < 4.78 is 39.7. The van der Waals surface area contributed by atoms with Gasteiger partial charge in [-0.3, -0.25) is 0 Å². The number of benzene rings is 1. The highest BCUT2D eigenvalue weighted by molar-refractivity contribution is 5.49. The Balaban J connectivity index is 2.18. The molecule has 0 spiro atoms. The molecule has 1 aliphatic rings. The van der Waals surface area contributed by atoms with E-state index in [2.05, 4.69) is 5.32 Å². The number of anilines is 1. The van der Waals surface area contributed by atoms with Crippen LogP contribution < -0.4 is 10.2 Å². The topological polar surface area (TPSA) is 15.3 Å². The highest BCUT2D eigenvalue weighted by Crippen LogP contribution is 2.26. The van der Waals surface area contributed by atoms with Crippen LogP contribution in [0.2, 0.25) is 0 Å². The second-order valence-electron chi connectivity index (χ2n) is 4.21. The Bertz CT molecular complexity index is 409. The van der Waals surface area contributed by atoms with Crippen LogP contribution in [0.3, 0.4) is 0 Å². The lowest BCUT2D eigenvalue weighted by atomic mass is 10.2. The number of likely N-dealkylation sites (N-methyl/N-ethyl adjacent to an activating group) is 1. The molecule has 1 atom stereocenters. The van der Waals surface area contributed by atoms with E-state index in [0.29, 0.717) is 19.2 Å². The predicted molar refractivity (Wildman–Crippen MR) is 60.6 cm³/mol. The van der Waals surface area contributed by atoms with Gasteiger partial charge in [-0.1, -0.05) is 6.92 Å². The Labute approximate surface area is 98.4 Å². The van der Waals surface area contributed by atoms with E-state index < -0.39 is 17.5 Å². The predicted octanol–water partition coefficient (Wildman–Crippen LogP) is 2.29. The fourth-order valence-electron chi connectivity index (χ4n) is 2.21. The van der Waals surface area contributed by atoms with Crippen molar-refractivity contribution in [3.8, 4) is 0 Å². The van der Waals surface area contributed by atoms with Gasteiger partial charge in [0.2, 0.25) is 0 Å². The van der Waals surface area contributed by atoms with E-state index in [0.717, 1.165) is 19.0 Å². The van der Waals surface area contributed by atoms with Crippen LogP contribution in [0.1, 0.15) is 13.3 Å². The van der Waals surface area contributed by atoms with Gasteiger partial charge in [0.05, 0.1) is 5.69 Å². The highest BCUT2D eigenvalue weighted by atomic mass is 19.2. The third kappa shape index (κ3) is 2.54. The molecule has 1 unspecified atom stereocenters. The number of hydrogen-bond donors (Lipinski definition) is 1. The highest BCUT2D eigenvalue weighted by Gasteiger charge is 2.25. The van der Waals surface area contributed by atoms with Gasteiger partial charge >= 0.3 is 0 Å². The van der Waals surface area contributed by atoms with Crippen molar-refractivity contribution in [3.63, 3.8) is 0 Å². The summed E-state index contributed by atoms with van der Waals surface area (Å²) in [7, 11) is 0. The SMILES string of the molecule is CCNC1CCN(c2cc(F)cc(F)c2F)C1. The summed E-state index contributed by atoms with van der Waals surface area (Å²) in [6.45, 7) is 4.01. The summed E-state index contributed by atoms with van der Waals surface area (Å²) >= 11 is 0. The van der Waals surface area contributed by atoms with Crippen molar-refractivity contribution >= 4 is 5.69 Å². The van der Waals surface area contributed by atoms with Crippen LogP contribution in [-0.4, -0.2) is 25.7 Å². The van der Waals surface area contributed by atoms with Gasteiger partial charge in [-0.15, -0.1) is 0 Å². The maximum absolute atomic E-state index is 13.5. The summed E-state index contributed by atoms with van der Waals surface area (Å²) in [5.74, 6) is -2.85. The fraction of sp³-hybridized carbons (Fsp3) is 0.500. The standard InChI is InChI=1S/C12H15F3N2/c1-2-16-9-3-4-17(7-9)11-6-8(13)5-10(14)12(11)15/h5-6,9,16H,2-4,7H2,1H3. The molecule has 1 heterocycles. The molecule has 0 aliphatic carbocycles. The van der Waals surface area contributed by atoms with Gasteiger partial charge in [0.25, 0.3) is 0 Å². The van der Waals surface area contributed by atoms with E-state index in [9.17, 15) is 13.2 Å². The molecule has 1 aromatic carbocycles. The van der Waals surface area contributed by atoms with E-state index in [1.807, 2.05) is 6.92 Å². The summed E-state index contributed by atoms with van der Waals surface area (Å²) in [4.78, 5) is 1.68. The van der Waals surface area contributed by atoms with E-state index in [4.69, 9.17) is 0 Å². The zero-order chi connectivity index (χ0) is 12.4. The van der Waals surface area contributed by atoms with Crippen LogP contribution in [0.15, 0.2) is 12.1 Å². The maximum atomic E-state index is 13.5. The third-order valence-corrected chi connectivity index (χ3v) is 3.00. The zero-order valence-electron chi connectivity index (χ0n) is 9.64. The molecule has 5 heteroatoms. The quantitative estimate of drug-likeness (QED) is 0.821.